The molecule has 0 heterocycles. The maximum Gasteiger partial charge on any atom is 0.422 e. The molecule has 2 unspecified atom stereocenters. The summed E-state index contributed by atoms with van der Waals surface area (Å²) in [4.78, 5) is 12.7. The molecule has 1 aliphatic rings. The first-order chi connectivity index (χ1) is 12.4. The number of nitrogens with two attached hydrogens (primary N) is 1. The number of nitrogens with one attached hydrogen (secondary N) is 1. The van der Waals surface area contributed by atoms with E-state index < -0.39 is 23.7 Å². The van der Waals surface area contributed by atoms with Crippen LogP contribution in [-0.4, -0.2) is 36.9 Å². The van der Waals surface area contributed by atoms with Crippen LogP contribution in [0.4, 0.5) is 13.2 Å². The SMILES string of the molecule is CCOC1CC(N)(C(=O)NCc2ccc(C)cc2OCC(F)(F)F)C1(C)C. The summed E-state index contributed by atoms with van der Waals surface area (Å²) in [7, 11) is 0. The predicted octanol–water partition coefficient (Wildman–Crippen LogP) is 3.08. The minimum Gasteiger partial charge on any atom is -0.484 e. The van der Waals surface area contributed by atoms with Gasteiger partial charge in [-0.05, 0) is 25.5 Å². The quantitative estimate of drug-likeness (QED) is 0.753. The monoisotopic (exact) mass is 388 g/mol. The Bertz CT molecular complexity index is 691. The van der Waals surface area contributed by atoms with Crippen molar-refractivity contribution in [3.05, 3.63) is 29.3 Å². The summed E-state index contributed by atoms with van der Waals surface area (Å²) < 4.78 is 47.9. The fourth-order valence-electron chi connectivity index (χ4n) is 3.26. The smallest absolute Gasteiger partial charge is 0.422 e. The van der Waals surface area contributed by atoms with Gasteiger partial charge in [-0.25, -0.2) is 0 Å². The van der Waals surface area contributed by atoms with Gasteiger partial charge in [0.1, 0.15) is 11.3 Å². The average Bonchev–Trinajstić information content (AvgIpc) is 2.57. The number of halogens is 3. The molecule has 0 aromatic heterocycles. The Morgan fingerprint density at radius 1 is 1.37 bits per heavy atom. The van der Waals surface area contributed by atoms with E-state index >= 15 is 0 Å². The third-order valence-corrected chi connectivity index (χ3v) is 5.29. The maximum absolute atomic E-state index is 12.7. The summed E-state index contributed by atoms with van der Waals surface area (Å²) in [6, 6.07) is 4.90. The average molecular weight is 388 g/mol. The van der Waals surface area contributed by atoms with E-state index in [1.54, 1.807) is 19.1 Å². The summed E-state index contributed by atoms with van der Waals surface area (Å²) >= 11 is 0. The predicted molar refractivity (Wildman–Crippen MR) is 95.3 cm³/mol. The van der Waals surface area contributed by atoms with Crippen LogP contribution in [0.25, 0.3) is 0 Å². The molecule has 0 bridgehead atoms. The Morgan fingerprint density at radius 2 is 2.04 bits per heavy atom. The Hall–Kier alpha value is -1.80. The molecule has 0 saturated heterocycles. The maximum atomic E-state index is 12.7. The normalized spacial score (nSPS) is 24.2. The van der Waals surface area contributed by atoms with Gasteiger partial charge >= 0.3 is 6.18 Å². The highest BCUT2D eigenvalue weighted by Crippen LogP contribution is 2.49. The zero-order valence-corrected chi connectivity index (χ0v) is 16.1. The van der Waals surface area contributed by atoms with Gasteiger partial charge in [0.25, 0.3) is 0 Å². The number of rotatable bonds is 7. The number of aryl methyl sites for hydroxylation is 1. The van der Waals surface area contributed by atoms with E-state index in [9.17, 15) is 18.0 Å². The number of alkyl halides is 3. The third kappa shape index (κ3) is 4.55. The Balaban J connectivity index is 2.05. The molecule has 2 rings (SSSR count). The van der Waals surface area contributed by atoms with E-state index in [1.165, 1.54) is 6.07 Å². The Labute approximate surface area is 157 Å². The third-order valence-electron chi connectivity index (χ3n) is 5.29. The zero-order valence-electron chi connectivity index (χ0n) is 16.1. The van der Waals surface area contributed by atoms with Crippen LogP contribution in [0.3, 0.4) is 0 Å². The standard InChI is InChI=1S/C19H27F3N2O3/c1-5-26-15-9-18(23,17(15,3)4)16(25)24-10-13-7-6-12(2)8-14(13)27-11-19(20,21)22/h6-8,15H,5,9-11,23H2,1-4H3,(H,24,25). The molecule has 5 nitrogen and oxygen atoms in total. The highest BCUT2D eigenvalue weighted by atomic mass is 19.4. The number of hydrogen-bond donors (Lipinski definition) is 2. The Morgan fingerprint density at radius 3 is 2.59 bits per heavy atom. The van der Waals surface area contributed by atoms with Gasteiger partial charge < -0.3 is 20.5 Å². The number of hydrogen-bond acceptors (Lipinski definition) is 4. The lowest BCUT2D eigenvalue weighted by Crippen LogP contribution is -2.75. The number of benzene rings is 1. The molecule has 1 aromatic rings. The van der Waals surface area contributed by atoms with Crippen molar-refractivity contribution in [3.63, 3.8) is 0 Å². The first-order valence-corrected chi connectivity index (χ1v) is 8.88. The van der Waals surface area contributed by atoms with E-state index in [0.29, 0.717) is 18.6 Å². The fraction of sp³-hybridized carbons (Fsp3) is 0.632. The van der Waals surface area contributed by atoms with E-state index in [2.05, 4.69) is 5.32 Å². The van der Waals surface area contributed by atoms with Gasteiger partial charge in [-0.1, -0.05) is 26.0 Å². The number of ether oxygens (including phenoxy) is 2. The van der Waals surface area contributed by atoms with E-state index in [0.717, 1.165) is 5.56 Å². The van der Waals surface area contributed by atoms with Crippen molar-refractivity contribution in [1.29, 1.82) is 0 Å². The first kappa shape index (κ1) is 21.5. The van der Waals surface area contributed by atoms with E-state index in [-0.39, 0.29) is 24.3 Å². The molecule has 1 aliphatic carbocycles. The van der Waals surface area contributed by atoms with Gasteiger partial charge in [0.2, 0.25) is 5.91 Å². The molecule has 0 radical (unpaired) electrons. The van der Waals surface area contributed by atoms with Crippen LogP contribution in [0.2, 0.25) is 0 Å². The van der Waals surface area contributed by atoms with Crippen LogP contribution in [0.1, 0.15) is 38.3 Å². The van der Waals surface area contributed by atoms with Crippen LogP contribution in [0.5, 0.6) is 5.75 Å². The van der Waals surface area contributed by atoms with Gasteiger partial charge in [0.05, 0.1) is 6.10 Å². The van der Waals surface area contributed by atoms with Crippen LogP contribution in [-0.2, 0) is 16.1 Å². The number of amides is 1. The number of carbonyl (C=O) groups excluding carboxylic acids is 1. The van der Waals surface area contributed by atoms with Crippen molar-refractivity contribution in [2.75, 3.05) is 13.2 Å². The largest absolute Gasteiger partial charge is 0.484 e. The summed E-state index contributed by atoms with van der Waals surface area (Å²) in [5.74, 6) is -0.260. The van der Waals surface area contributed by atoms with E-state index in [1.807, 2.05) is 20.8 Å². The van der Waals surface area contributed by atoms with Crippen LogP contribution < -0.4 is 15.8 Å². The molecule has 152 valence electrons. The molecule has 8 heteroatoms. The second-order valence-corrected chi connectivity index (χ2v) is 7.54. The highest BCUT2D eigenvalue weighted by molar-refractivity contribution is 5.88. The summed E-state index contributed by atoms with van der Waals surface area (Å²) in [5.41, 5.74) is 5.90. The molecule has 3 N–H and O–H groups in total. The molecule has 1 amide bonds. The van der Waals surface area contributed by atoms with Gasteiger partial charge in [0.15, 0.2) is 6.61 Å². The molecule has 1 saturated carbocycles. The number of carbonyl (C=O) groups is 1. The van der Waals surface area contributed by atoms with Gasteiger partial charge in [0, 0.05) is 30.6 Å². The minimum atomic E-state index is -4.43. The molecular formula is C19H27F3N2O3. The Kier molecular flexibility index (Phi) is 6.11. The van der Waals surface area contributed by atoms with Crippen LogP contribution >= 0.6 is 0 Å². The lowest BCUT2D eigenvalue weighted by Gasteiger charge is -2.57. The summed E-state index contributed by atoms with van der Waals surface area (Å²) in [5, 5.41) is 2.74. The van der Waals surface area contributed by atoms with Crippen molar-refractivity contribution in [3.8, 4) is 5.75 Å². The minimum absolute atomic E-state index is 0.0284. The second-order valence-electron chi connectivity index (χ2n) is 7.54. The zero-order chi connectivity index (χ0) is 20.5. The van der Waals surface area contributed by atoms with Crippen molar-refractivity contribution >= 4 is 5.91 Å². The molecule has 1 aromatic carbocycles. The first-order valence-electron chi connectivity index (χ1n) is 8.88. The lowest BCUT2D eigenvalue weighted by molar-refractivity contribution is -0.170. The van der Waals surface area contributed by atoms with Crippen LogP contribution in [0, 0.1) is 12.3 Å². The molecule has 0 aliphatic heterocycles. The van der Waals surface area contributed by atoms with Crippen LogP contribution in [0.15, 0.2) is 18.2 Å². The lowest BCUT2D eigenvalue weighted by atomic mass is 9.54. The molecule has 2 atom stereocenters. The highest BCUT2D eigenvalue weighted by Gasteiger charge is 2.62. The van der Waals surface area contributed by atoms with Crippen molar-refractivity contribution < 1.29 is 27.4 Å². The van der Waals surface area contributed by atoms with Gasteiger partial charge in [-0.3, -0.25) is 4.79 Å². The van der Waals surface area contributed by atoms with Crippen molar-refractivity contribution in [2.24, 2.45) is 11.1 Å². The summed E-state index contributed by atoms with van der Waals surface area (Å²) in [6.45, 7) is 6.56. The molecule has 0 spiro atoms. The molecule has 1 fully saturated rings. The van der Waals surface area contributed by atoms with E-state index in [4.69, 9.17) is 15.2 Å². The second kappa shape index (κ2) is 7.67. The van der Waals surface area contributed by atoms with Gasteiger partial charge in [-0.15, -0.1) is 0 Å². The molecular weight excluding hydrogens is 361 g/mol. The fourth-order valence-corrected chi connectivity index (χ4v) is 3.26. The molecule has 27 heavy (non-hydrogen) atoms. The topological polar surface area (TPSA) is 73.6 Å². The summed E-state index contributed by atoms with van der Waals surface area (Å²) in [6.07, 6.45) is -4.15. The van der Waals surface area contributed by atoms with Gasteiger partial charge in [-0.2, -0.15) is 13.2 Å². The van der Waals surface area contributed by atoms with Crippen molar-refractivity contribution in [1.82, 2.24) is 5.32 Å². The van der Waals surface area contributed by atoms with Crippen molar-refractivity contribution in [2.45, 2.75) is 58.5 Å².